The van der Waals surface area contributed by atoms with Crippen LogP contribution < -0.4 is 11.1 Å². The maximum Gasteiger partial charge on any atom is 0.500 e. The largest absolute Gasteiger partial charge is 0.500 e. The van der Waals surface area contributed by atoms with Gasteiger partial charge in [0.2, 0.25) is 0 Å². The number of rotatable bonds is 12. The van der Waals surface area contributed by atoms with E-state index in [-0.39, 0.29) is 0 Å². The van der Waals surface area contributed by atoms with Gasteiger partial charge in [-0.2, -0.15) is 0 Å². The van der Waals surface area contributed by atoms with Crippen molar-refractivity contribution in [1.82, 2.24) is 5.32 Å². The van der Waals surface area contributed by atoms with Crippen molar-refractivity contribution in [2.75, 3.05) is 32.9 Å². The molecule has 5 nitrogen and oxygen atoms in total. The van der Waals surface area contributed by atoms with Crippen molar-refractivity contribution in [3.8, 4) is 0 Å². The lowest BCUT2D eigenvalue weighted by molar-refractivity contribution is 0.0708. The molecule has 0 fully saturated rings. The number of hydrogen-bond donors (Lipinski definition) is 2. The van der Waals surface area contributed by atoms with E-state index in [9.17, 15) is 0 Å². The zero-order chi connectivity index (χ0) is 13.9. The van der Waals surface area contributed by atoms with Gasteiger partial charge in [0.05, 0.1) is 0 Å². The highest BCUT2D eigenvalue weighted by Gasteiger charge is 2.39. The minimum Gasteiger partial charge on any atom is -0.374 e. The van der Waals surface area contributed by atoms with E-state index in [4.69, 9.17) is 19.0 Å². The summed E-state index contributed by atoms with van der Waals surface area (Å²) in [5.74, 6) is 0. The monoisotopic (exact) mass is 278 g/mol. The Bertz CT molecular complexity index is 179. The highest BCUT2D eigenvalue weighted by atomic mass is 28.4. The van der Waals surface area contributed by atoms with Crippen LogP contribution in [0.25, 0.3) is 0 Å². The third-order valence-electron chi connectivity index (χ3n) is 2.60. The summed E-state index contributed by atoms with van der Waals surface area (Å²) in [6.45, 7) is 11.5. The third-order valence-corrected chi connectivity index (χ3v) is 5.75. The molecule has 0 aliphatic heterocycles. The van der Waals surface area contributed by atoms with E-state index in [0.29, 0.717) is 32.4 Å². The SMILES string of the molecule is CCO[Si](CCCNC(C)CN)(OCC)OCC. The first kappa shape index (κ1) is 18.0. The first-order valence-corrected chi connectivity index (χ1v) is 8.92. The zero-order valence-corrected chi connectivity index (χ0v) is 13.3. The Morgan fingerprint density at radius 1 is 1.06 bits per heavy atom. The topological polar surface area (TPSA) is 65.7 Å². The second-order valence-electron chi connectivity index (χ2n) is 4.18. The van der Waals surface area contributed by atoms with Gasteiger partial charge in [-0.1, -0.05) is 0 Å². The Kier molecular flexibility index (Phi) is 10.9. The molecule has 0 aliphatic rings. The lowest BCUT2D eigenvalue weighted by Gasteiger charge is -2.28. The molecule has 18 heavy (non-hydrogen) atoms. The van der Waals surface area contributed by atoms with Crippen LogP contribution in [0.5, 0.6) is 0 Å². The van der Waals surface area contributed by atoms with Crippen LogP contribution in [0, 0.1) is 0 Å². The molecule has 0 aromatic carbocycles. The molecule has 0 saturated heterocycles. The van der Waals surface area contributed by atoms with Crippen LogP contribution >= 0.6 is 0 Å². The Labute approximate surface area is 113 Å². The summed E-state index contributed by atoms with van der Waals surface area (Å²) < 4.78 is 17.4. The molecule has 0 heterocycles. The average Bonchev–Trinajstić information content (AvgIpc) is 2.35. The summed E-state index contributed by atoms with van der Waals surface area (Å²) in [4.78, 5) is 0. The summed E-state index contributed by atoms with van der Waals surface area (Å²) in [5.41, 5.74) is 5.56. The molecule has 0 spiro atoms. The Morgan fingerprint density at radius 2 is 1.56 bits per heavy atom. The van der Waals surface area contributed by atoms with Crippen molar-refractivity contribution in [2.45, 2.75) is 46.2 Å². The normalized spacial score (nSPS) is 13.8. The summed E-state index contributed by atoms with van der Waals surface area (Å²) >= 11 is 0. The molecule has 0 aromatic rings. The van der Waals surface area contributed by atoms with Crippen LogP contribution in [-0.2, 0) is 13.3 Å². The van der Waals surface area contributed by atoms with Gasteiger partial charge in [0.1, 0.15) is 0 Å². The lowest BCUT2D eigenvalue weighted by Crippen LogP contribution is -2.46. The first-order valence-electron chi connectivity index (χ1n) is 6.99. The third kappa shape index (κ3) is 7.45. The predicted octanol–water partition coefficient (Wildman–Crippen LogP) is 1.36. The fourth-order valence-electron chi connectivity index (χ4n) is 1.74. The van der Waals surface area contributed by atoms with E-state index in [1.807, 2.05) is 20.8 Å². The minimum atomic E-state index is -2.45. The van der Waals surface area contributed by atoms with Gasteiger partial charge in [-0.15, -0.1) is 0 Å². The maximum atomic E-state index is 5.79. The van der Waals surface area contributed by atoms with Crippen molar-refractivity contribution in [2.24, 2.45) is 5.73 Å². The first-order chi connectivity index (χ1) is 8.64. The average molecular weight is 278 g/mol. The lowest BCUT2D eigenvalue weighted by atomic mass is 10.3. The predicted molar refractivity (Wildman–Crippen MR) is 76.6 cm³/mol. The smallest absolute Gasteiger partial charge is 0.374 e. The molecule has 0 rings (SSSR count). The van der Waals surface area contributed by atoms with Crippen LogP contribution in [0.2, 0.25) is 6.04 Å². The Balaban J connectivity index is 4.12. The van der Waals surface area contributed by atoms with E-state index in [2.05, 4.69) is 12.2 Å². The van der Waals surface area contributed by atoms with Gasteiger partial charge in [0.25, 0.3) is 0 Å². The molecule has 0 aliphatic carbocycles. The zero-order valence-electron chi connectivity index (χ0n) is 12.3. The molecule has 3 N–H and O–H groups in total. The van der Waals surface area contributed by atoms with Crippen LogP contribution in [0.1, 0.15) is 34.1 Å². The summed E-state index contributed by atoms with van der Waals surface area (Å²) in [7, 11) is -2.45. The van der Waals surface area contributed by atoms with E-state index < -0.39 is 8.80 Å². The van der Waals surface area contributed by atoms with Gasteiger partial charge in [-0.05, 0) is 40.7 Å². The Hall–Kier alpha value is 0.0169. The van der Waals surface area contributed by atoms with Gasteiger partial charge in [-0.25, -0.2) is 0 Å². The van der Waals surface area contributed by atoms with Crippen LogP contribution in [-0.4, -0.2) is 47.8 Å². The number of nitrogens with two attached hydrogens (primary N) is 1. The Morgan fingerprint density at radius 3 is 1.94 bits per heavy atom. The van der Waals surface area contributed by atoms with Crippen LogP contribution in [0.3, 0.4) is 0 Å². The van der Waals surface area contributed by atoms with E-state index in [1.54, 1.807) is 0 Å². The van der Waals surface area contributed by atoms with Crippen molar-refractivity contribution in [3.05, 3.63) is 0 Å². The van der Waals surface area contributed by atoms with Gasteiger partial charge in [-0.3, -0.25) is 0 Å². The summed E-state index contributed by atoms with van der Waals surface area (Å²) in [6.07, 6.45) is 0.983. The molecular formula is C12H30N2O3Si. The quantitative estimate of drug-likeness (QED) is 0.417. The van der Waals surface area contributed by atoms with Crippen molar-refractivity contribution in [3.63, 3.8) is 0 Å². The fourth-order valence-corrected chi connectivity index (χ4v) is 4.35. The standard InChI is InChI=1S/C12H30N2O3Si/c1-5-15-18(16-6-2,17-7-3)10-8-9-14-12(4)11-13/h12,14H,5-11,13H2,1-4H3. The van der Waals surface area contributed by atoms with E-state index >= 15 is 0 Å². The molecule has 0 saturated carbocycles. The summed E-state index contributed by atoms with van der Waals surface area (Å²) in [5, 5.41) is 3.36. The highest BCUT2D eigenvalue weighted by Crippen LogP contribution is 2.17. The van der Waals surface area contributed by atoms with E-state index in [0.717, 1.165) is 19.0 Å². The maximum absolute atomic E-state index is 5.79. The van der Waals surface area contributed by atoms with Crippen molar-refractivity contribution in [1.29, 1.82) is 0 Å². The van der Waals surface area contributed by atoms with Gasteiger partial charge in [0.15, 0.2) is 0 Å². The second kappa shape index (κ2) is 10.9. The second-order valence-corrected chi connectivity index (χ2v) is 6.91. The van der Waals surface area contributed by atoms with Crippen molar-refractivity contribution >= 4 is 8.80 Å². The minimum absolute atomic E-state index is 0.354. The molecular weight excluding hydrogens is 248 g/mol. The van der Waals surface area contributed by atoms with Crippen LogP contribution in [0.4, 0.5) is 0 Å². The molecule has 0 radical (unpaired) electrons. The van der Waals surface area contributed by atoms with Crippen LogP contribution in [0.15, 0.2) is 0 Å². The molecule has 0 bridgehead atoms. The van der Waals surface area contributed by atoms with Gasteiger partial charge < -0.3 is 24.3 Å². The van der Waals surface area contributed by atoms with Crippen molar-refractivity contribution < 1.29 is 13.3 Å². The van der Waals surface area contributed by atoms with E-state index in [1.165, 1.54) is 0 Å². The molecule has 1 unspecified atom stereocenters. The molecule has 0 aromatic heterocycles. The molecule has 110 valence electrons. The molecule has 1 atom stereocenters. The highest BCUT2D eigenvalue weighted by molar-refractivity contribution is 6.60. The summed E-state index contributed by atoms with van der Waals surface area (Å²) in [6, 6.07) is 1.21. The number of nitrogens with one attached hydrogen (secondary N) is 1. The molecule has 6 heteroatoms. The fraction of sp³-hybridized carbons (Fsp3) is 1.00. The van der Waals surface area contributed by atoms with Gasteiger partial charge >= 0.3 is 8.80 Å². The molecule has 0 amide bonds. The number of hydrogen-bond acceptors (Lipinski definition) is 5. The van der Waals surface area contributed by atoms with Gasteiger partial charge in [0, 0.05) is 38.5 Å².